The Balaban J connectivity index is 1.48. The van der Waals surface area contributed by atoms with Crippen molar-refractivity contribution >= 4 is 5.91 Å². The molecular formula is C16H19FN2O. The molecular weight excluding hydrogens is 255 g/mol. The van der Waals surface area contributed by atoms with Crippen molar-refractivity contribution in [2.24, 2.45) is 23.7 Å². The summed E-state index contributed by atoms with van der Waals surface area (Å²) in [6, 6.07) is 3.35. The van der Waals surface area contributed by atoms with E-state index in [1.165, 1.54) is 37.9 Å². The molecule has 5 atom stereocenters. The summed E-state index contributed by atoms with van der Waals surface area (Å²) in [5, 5.41) is 3.06. The van der Waals surface area contributed by atoms with Gasteiger partial charge in [0.25, 0.3) is 5.91 Å². The molecule has 106 valence electrons. The van der Waals surface area contributed by atoms with Crippen molar-refractivity contribution < 1.29 is 9.18 Å². The molecule has 1 amide bonds. The van der Waals surface area contributed by atoms with Crippen LogP contribution in [0.3, 0.4) is 0 Å². The number of hydrogen-bond acceptors (Lipinski definition) is 2. The van der Waals surface area contributed by atoms with Crippen molar-refractivity contribution in [1.29, 1.82) is 0 Å². The van der Waals surface area contributed by atoms with Gasteiger partial charge in [-0.3, -0.25) is 4.79 Å². The molecule has 4 heteroatoms. The number of fused-ring (bicyclic) bond motifs is 5. The van der Waals surface area contributed by atoms with Crippen molar-refractivity contribution in [1.82, 2.24) is 10.3 Å². The van der Waals surface area contributed by atoms with Crippen LogP contribution in [-0.4, -0.2) is 16.9 Å². The average Bonchev–Trinajstić information content (AvgIpc) is 3.10. The Morgan fingerprint density at radius 1 is 1.25 bits per heavy atom. The van der Waals surface area contributed by atoms with Crippen molar-refractivity contribution in [2.75, 3.05) is 0 Å². The van der Waals surface area contributed by atoms with E-state index in [1.54, 1.807) is 6.07 Å². The van der Waals surface area contributed by atoms with Gasteiger partial charge in [0.05, 0.1) is 5.56 Å². The molecule has 1 heterocycles. The molecule has 3 aliphatic carbocycles. The second-order valence-corrected chi connectivity index (χ2v) is 6.58. The lowest BCUT2D eigenvalue weighted by atomic mass is 9.79. The molecule has 0 aromatic carbocycles. The van der Waals surface area contributed by atoms with Crippen LogP contribution in [0.2, 0.25) is 0 Å². The Morgan fingerprint density at radius 3 is 2.95 bits per heavy atom. The number of nitrogens with one attached hydrogen (secondary N) is 1. The smallest absolute Gasteiger partial charge is 0.256 e. The fourth-order valence-corrected chi connectivity index (χ4v) is 5.04. The molecule has 2 bridgehead atoms. The lowest BCUT2D eigenvalue weighted by Gasteiger charge is -2.32. The van der Waals surface area contributed by atoms with Crippen LogP contribution in [0.15, 0.2) is 18.3 Å². The van der Waals surface area contributed by atoms with E-state index in [0.29, 0.717) is 5.92 Å². The molecule has 4 rings (SSSR count). The monoisotopic (exact) mass is 274 g/mol. The molecule has 0 radical (unpaired) electrons. The molecule has 0 saturated heterocycles. The largest absolute Gasteiger partial charge is 0.349 e. The van der Waals surface area contributed by atoms with Crippen LogP contribution in [0.4, 0.5) is 4.39 Å². The molecule has 3 saturated carbocycles. The molecule has 1 aromatic heterocycles. The minimum absolute atomic E-state index is 0.0678. The third-order valence-corrected chi connectivity index (χ3v) is 5.75. The number of hydrogen-bond donors (Lipinski definition) is 1. The molecule has 3 nitrogen and oxygen atoms in total. The fourth-order valence-electron chi connectivity index (χ4n) is 5.04. The van der Waals surface area contributed by atoms with Gasteiger partial charge in [0.1, 0.15) is 0 Å². The van der Waals surface area contributed by atoms with E-state index in [-0.39, 0.29) is 17.5 Å². The summed E-state index contributed by atoms with van der Waals surface area (Å²) < 4.78 is 13.5. The number of nitrogens with zero attached hydrogens (tertiary/aromatic N) is 1. The quantitative estimate of drug-likeness (QED) is 0.843. The Kier molecular flexibility index (Phi) is 2.79. The van der Waals surface area contributed by atoms with Crippen LogP contribution in [0.1, 0.15) is 42.5 Å². The van der Waals surface area contributed by atoms with E-state index < -0.39 is 5.95 Å². The van der Waals surface area contributed by atoms with Crippen LogP contribution >= 0.6 is 0 Å². The van der Waals surface area contributed by atoms with Gasteiger partial charge in [-0.05, 0) is 61.5 Å². The van der Waals surface area contributed by atoms with Crippen molar-refractivity contribution in [3.05, 3.63) is 29.8 Å². The van der Waals surface area contributed by atoms with Gasteiger partial charge >= 0.3 is 0 Å². The van der Waals surface area contributed by atoms with Crippen molar-refractivity contribution in [2.45, 2.75) is 38.1 Å². The lowest BCUT2D eigenvalue weighted by Crippen LogP contribution is -2.42. The highest BCUT2D eigenvalue weighted by atomic mass is 19.1. The third-order valence-electron chi connectivity index (χ3n) is 5.75. The van der Waals surface area contributed by atoms with Gasteiger partial charge in [-0.25, -0.2) is 4.98 Å². The van der Waals surface area contributed by atoms with Crippen LogP contribution in [0.5, 0.6) is 0 Å². The van der Waals surface area contributed by atoms with Gasteiger partial charge in [-0.15, -0.1) is 0 Å². The van der Waals surface area contributed by atoms with Crippen LogP contribution in [-0.2, 0) is 0 Å². The number of carbonyl (C=O) groups excluding carboxylic acids is 1. The number of rotatable bonds is 2. The van der Waals surface area contributed by atoms with Crippen LogP contribution < -0.4 is 5.32 Å². The molecule has 0 spiro atoms. The number of carbonyl (C=O) groups is 1. The van der Waals surface area contributed by atoms with Crippen LogP contribution in [0, 0.1) is 29.6 Å². The maximum Gasteiger partial charge on any atom is 0.256 e. The summed E-state index contributed by atoms with van der Waals surface area (Å²) in [4.78, 5) is 15.7. The number of aromatic nitrogens is 1. The first-order valence-corrected chi connectivity index (χ1v) is 7.65. The van der Waals surface area contributed by atoms with Gasteiger partial charge in [0.15, 0.2) is 0 Å². The third kappa shape index (κ3) is 1.77. The van der Waals surface area contributed by atoms with Crippen LogP contribution in [0.25, 0.3) is 0 Å². The van der Waals surface area contributed by atoms with E-state index in [1.807, 2.05) is 0 Å². The van der Waals surface area contributed by atoms with Crippen molar-refractivity contribution in [3.8, 4) is 0 Å². The molecule has 20 heavy (non-hydrogen) atoms. The highest BCUT2D eigenvalue weighted by Gasteiger charge is 2.54. The molecule has 5 unspecified atom stereocenters. The molecule has 3 fully saturated rings. The average molecular weight is 274 g/mol. The van der Waals surface area contributed by atoms with Gasteiger partial charge < -0.3 is 5.32 Å². The summed E-state index contributed by atoms with van der Waals surface area (Å²) >= 11 is 0. The van der Waals surface area contributed by atoms with Gasteiger partial charge in [0, 0.05) is 12.2 Å². The van der Waals surface area contributed by atoms with E-state index in [4.69, 9.17) is 0 Å². The first-order chi connectivity index (χ1) is 9.74. The van der Waals surface area contributed by atoms with Gasteiger partial charge in [0.2, 0.25) is 5.95 Å². The highest BCUT2D eigenvalue weighted by Crippen LogP contribution is 2.58. The summed E-state index contributed by atoms with van der Waals surface area (Å²) in [7, 11) is 0. The number of amides is 1. The number of pyridine rings is 1. The standard InChI is InChI=1S/C16H19FN2O/c17-15-12(5-2-6-18-15)16(20)19-14-8-9-7-13(14)11-4-1-3-10(9)11/h2,5-6,9-11,13-14H,1,3-4,7-8H2,(H,19,20). The second kappa shape index (κ2) is 4.54. The fraction of sp³-hybridized carbons (Fsp3) is 0.625. The van der Waals surface area contributed by atoms with Gasteiger partial charge in [-0.1, -0.05) is 6.42 Å². The van der Waals surface area contributed by atoms with E-state index in [0.717, 1.165) is 24.2 Å². The summed E-state index contributed by atoms with van der Waals surface area (Å²) in [6.45, 7) is 0. The van der Waals surface area contributed by atoms with Gasteiger partial charge in [-0.2, -0.15) is 4.39 Å². The minimum Gasteiger partial charge on any atom is -0.349 e. The SMILES string of the molecule is O=C(NC1CC2CC1C1CCCC21)c1cccnc1F. The predicted octanol–water partition coefficient (Wildman–Crippen LogP) is 2.78. The Morgan fingerprint density at radius 2 is 2.10 bits per heavy atom. The lowest BCUT2D eigenvalue weighted by molar-refractivity contribution is 0.0896. The summed E-state index contributed by atoms with van der Waals surface area (Å²) in [6.07, 6.45) is 7.76. The molecule has 3 aliphatic rings. The van der Waals surface area contributed by atoms with E-state index in [2.05, 4.69) is 10.3 Å². The topological polar surface area (TPSA) is 42.0 Å². The normalized spacial score (nSPS) is 38.0. The molecule has 1 N–H and O–H groups in total. The maximum absolute atomic E-state index is 13.5. The Hall–Kier alpha value is -1.45. The summed E-state index contributed by atoms with van der Waals surface area (Å²) in [5.74, 6) is 2.14. The highest BCUT2D eigenvalue weighted by molar-refractivity contribution is 5.94. The van der Waals surface area contributed by atoms with Crippen molar-refractivity contribution in [3.63, 3.8) is 0 Å². The maximum atomic E-state index is 13.5. The number of halogens is 1. The predicted molar refractivity (Wildman–Crippen MR) is 72.5 cm³/mol. The molecule has 0 aliphatic heterocycles. The first-order valence-electron chi connectivity index (χ1n) is 7.65. The minimum atomic E-state index is -0.674. The Bertz CT molecular complexity index is 547. The zero-order chi connectivity index (χ0) is 13.7. The summed E-state index contributed by atoms with van der Waals surface area (Å²) in [5.41, 5.74) is 0.0678. The molecule has 1 aromatic rings. The first kappa shape index (κ1) is 12.3. The zero-order valence-electron chi connectivity index (χ0n) is 11.4. The Labute approximate surface area is 118 Å². The van der Waals surface area contributed by atoms with E-state index in [9.17, 15) is 9.18 Å². The second-order valence-electron chi connectivity index (χ2n) is 6.58. The zero-order valence-corrected chi connectivity index (χ0v) is 11.4. The van der Waals surface area contributed by atoms with E-state index >= 15 is 0 Å².